The first-order valence-corrected chi connectivity index (χ1v) is 12.3. The number of benzene rings is 1. The van der Waals surface area contributed by atoms with Gasteiger partial charge in [0.2, 0.25) is 10.0 Å². The second-order valence-corrected chi connectivity index (χ2v) is 10.4. The van der Waals surface area contributed by atoms with Gasteiger partial charge in [0.15, 0.2) is 0 Å². The van der Waals surface area contributed by atoms with Gasteiger partial charge in [0, 0.05) is 41.6 Å². The van der Waals surface area contributed by atoms with E-state index in [2.05, 4.69) is 48.8 Å². The van der Waals surface area contributed by atoms with Crippen LogP contribution in [-0.4, -0.2) is 57.0 Å². The number of nitrogens with one attached hydrogen (secondary N) is 1. The summed E-state index contributed by atoms with van der Waals surface area (Å²) in [7, 11) is -3.57. The highest BCUT2D eigenvalue weighted by molar-refractivity contribution is 9.10. The molecule has 1 aromatic carbocycles. The van der Waals surface area contributed by atoms with Crippen LogP contribution in [0.1, 0.15) is 24.8 Å². The topological polar surface area (TPSA) is 52.6 Å². The van der Waals surface area contributed by atoms with Crippen LogP contribution >= 0.6 is 27.3 Å². The SMILES string of the molecule is CCN1CCN([C@@H](c2cccs2)[C@@H](C)NS(=O)(=O)c2ccc(Br)cc2)CC1. The number of halogens is 1. The lowest BCUT2D eigenvalue weighted by Gasteiger charge is -2.41. The minimum Gasteiger partial charge on any atom is -0.301 e. The predicted octanol–water partition coefficient (Wildman–Crippen LogP) is 3.56. The van der Waals surface area contributed by atoms with Crippen LogP contribution in [0.2, 0.25) is 0 Å². The highest BCUT2D eigenvalue weighted by atomic mass is 79.9. The largest absolute Gasteiger partial charge is 0.301 e. The maximum absolute atomic E-state index is 12.9. The molecule has 2 atom stereocenters. The van der Waals surface area contributed by atoms with Crippen LogP contribution in [0.3, 0.4) is 0 Å². The van der Waals surface area contributed by atoms with Crippen LogP contribution in [0.25, 0.3) is 0 Å². The molecule has 1 N–H and O–H groups in total. The van der Waals surface area contributed by atoms with Crippen molar-refractivity contribution in [3.63, 3.8) is 0 Å². The van der Waals surface area contributed by atoms with E-state index in [1.54, 1.807) is 35.6 Å². The fourth-order valence-corrected chi connectivity index (χ4v) is 6.03. The quantitative estimate of drug-likeness (QED) is 0.670. The van der Waals surface area contributed by atoms with Gasteiger partial charge < -0.3 is 4.90 Å². The Morgan fingerprint density at radius 1 is 1.15 bits per heavy atom. The normalized spacial score (nSPS) is 19.1. The van der Waals surface area contributed by atoms with Crippen LogP contribution in [0.15, 0.2) is 51.1 Å². The number of hydrogen-bond donors (Lipinski definition) is 1. The summed E-state index contributed by atoms with van der Waals surface area (Å²) in [6, 6.07) is 10.7. The molecule has 0 bridgehead atoms. The minimum absolute atomic E-state index is 0.0363. The van der Waals surface area contributed by atoms with Gasteiger partial charge in [0.05, 0.1) is 10.9 Å². The summed E-state index contributed by atoms with van der Waals surface area (Å²) in [5.74, 6) is 0. The summed E-state index contributed by atoms with van der Waals surface area (Å²) in [5, 5.41) is 2.06. The van der Waals surface area contributed by atoms with E-state index >= 15 is 0 Å². The number of thiophene rings is 1. The number of nitrogens with zero attached hydrogens (tertiary/aromatic N) is 2. The van der Waals surface area contributed by atoms with Crippen molar-refractivity contribution in [1.82, 2.24) is 14.5 Å². The van der Waals surface area contributed by atoms with Crippen LogP contribution in [0.5, 0.6) is 0 Å². The summed E-state index contributed by atoms with van der Waals surface area (Å²) in [4.78, 5) is 6.33. The first-order chi connectivity index (χ1) is 12.9. The Morgan fingerprint density at radius 2 is 1.81 bits per heavy atom. The highest BCUT2D eigenvalue weighted by Crippen LogP contribution is 2.30. The van der Waals surface area contributed by atoms with Gasteiger partial charge in [-0.15, -0.1) is 11.3 Å². The van der Waals surface area contributed by atoms with Gasteiger partial charge in [-0.2, -0.15) is 0 Å². The molecule has 3 rings (SSSR count). The Hall–Kier alpha value is -0.770. The van der Waals surface area contributed by atoms with Crippen LogP contribution in [0, 0.1) is 0 Å². The predicted molar refractivity (Wildman–Crippen MR) is 115 cm³/mol. The van der Waals surface area contributed by atoms with Gasteiger partial charge in [-0.05, 0) is 49.2 Å². The first kappa shape index (κ1) is 21.0. The van der Waals surface area contributed by atoms with E-state index < -0.39 is 10.0 Å². The average molecular weight is 472 g/mol. The minimum atomic E-state index is -3.57. The number of sulfonamides is 1. The summed E-state index contributed by atoms with van der Waals surface area (Å²) in [6.45, 7) is 9.13. The molecule has 1 fully saturated rings. The number of rotatable bonds is 7. The van der Waals surface area contributed by atoms with Crippen LogP contribution in [0.4, 0.5) is 0 Å². The van der Waals surface area contributed by atoms with Gasteiger partial charge in [-0.25, -0.2) is 13.1 Å². The maximum atomic E-state index is 12.9. The Morgan fingerprint density at radius 3 is 2.37 bits per heavy atom. The molecule has 1 aliphatic heterocycles. The fourth-order valence-electron chi connectivity index (χ4n) is 3.55. The lowest BCUT2D eigenvalue weighted by atomic mass is 10.1. The number of piperazine rings is 1. The van der Waals surface area contributed by atoms with E-state index in [1.807, 2.05) is 13.0 Å². The van der Waals surface area contributed by atoms with E-state index in [0.717, 1.165) is 37.2 Å². The molecular formula is C19H26BrN3O2S2. The fraction of sp³-hybridized carbons (Fsp3) is 0.474. The molecule has 0 amide bonds. The van der Waals surface area contributed by atoms with Gasteiger partial charge >= 0.3 is 0 Å². The van der Waals surface area contributed by atoms with Crippen molar-refractivity contribution in [1.29, 1.82) is 0 Å². The second kappa shape index (κ2) is 9.15. The molecule has 1 aliphatic rings. The third-order valence-corrected chi connectivity index (χ3v) is 8.07. The molecule has 0 radical (unpaired) electrons. The molecule has 2 aromatic rings. The highest BCUT2D eigenvalue weighted by Gasteiger charge is 2.32. The zero-order valence-electron chi connectivity index (χ0n) is 15.6. The van der Waals surface area contributed by atoms with Crippen LogP contribution < -0.4 is 4.72 Å². The third kappa shape index (κ3) is 5.19. The van der Waals surface area contributed by atoms with E-state index in [4.69, 9.17) is 0 Å². The Balaban J connectivity index is 1.79. The monoisotopic (exact) mass is 471 g/mol. The molecule has 0 aliphatic carbocycles. The van der Waals surface area contributed by atoms with Crippen molar-refractivity contribution in [2.75, 3.05) is 32.7 Å². The van der Waals surface area contributed by atoms with E-state index in [1.165, 1.54) is 4.88 Å². The van der Waals surface area contributed by atoms with E-state index in [0.29, 0.717) is 4.90 Å². The molecule has 1 saturated heterocycles. The summed E-state index contributed by atoms with van der Waals surface area (Å²) in [6.07, 6.45) is 0. The number of hydrogen-bond acceptors (Lipinski definition) is 5. The Bertz CT molecular complexity index is 817. The zero-order valence-corrected chi connectivity index (χ0v) is 18.9. The van der Waals surface area contributed by atoms with Gasteiger partial charge in [0.1, 0.15) is 0 Å². The van der Waals surface area contributed by atoms with E-state index in [-0.39, 0.29) is 12.1 Å². The lowest BCUT2D eigenvalue weighted by Crippen LogP contribution is -2.52. The first-order valence-electron chi connectivity index (χ1n) is 9.18. The van der Waals surface area contributed by atoms with Crippen molar-refractivity contribution in [3.05, 3.63) is 51.1 Å². The molecular weight excluding hydrogens is 446 g/mol. The van der Waals surface area contributed by atoms with Gasteiger partial charge in [-0.1, -0.05) is 28.9 Å². The third-order valence-electron chi connectivity index (χ3n) is 5.02. The second-order valence-electron chi connectivity index (χ2n) is 6.79. The molecule has 0 unspecified atom stereocenters. The van der Waals surface area contributed by atoms with Crippen molar-refractivity contribution < 1.29 is 8.42 Å². The standard InChI is InChI=1S/C19H26BrN3O2S2/c1-3-22-10-12-23(13-11-22)19(18-5-4-14-26-18)15(2)21-27(24,25)17-8-6-16(20)7-9-17/h4-9,14-15,19,21H,3,10-13H2,1-2H3/t15-,19-/m1/s1. The molecule has 1 aromatic heterocycles. The molecule has 5 nitrogen and oxygen atoms in total. The molecule has 0 spiro atoms. The van der Waals surface area contributed by atoms with Crippen molar-refractivity contribution >= 4 is 37.3 Å². The molecule has 8 heteroatoms. The summed E-state index contributed by atoms with van der Waals surface area (Å²) in [5.41, 5.74) is 0. The Labute approximate surface area is 174 Å². The van der Waals surface area contributed by atoms with E-state index in [9.17, 15) is 8.42 Å². The average Bonchev–Trinajstić information content (AvgIpc) is 3.16. The molecule has 0 saturated carbocycles. The van der Waals surface area contributed by atoms with Crippen LogP contribution in [-0.2, 0) is 10.0 Å². The van der Waals surface area contributed by atoms with Crippen molar-refractivity contribution in [2.24, 2.45) is 0 Å². The number of likely N-dealkylation sites (N-methyl/N-ethyl adjacent to an activating group) is 1. The zero-order chi connectivity index (χ0) is 19.4. The van der Waals surface area contributed by atoms with Gasteiger partial charge in [-0.3, -0.25) is 4.90 Å². The molecule has 2 heterocycles. The van der Waals surface area contributed by atoms with Gasteiger partial charge in [0.25, 0.3) is 0 Å². The summed E-state index contributed by atoms with van der Waals surface area (Å²) < 4.78 is 29.5. The lowest BCUT2D eigenvalue weighted by molar-refractivity contribution is 0.0888. The molecule has 27 heavy (non-hydrogen) atoms. The summed E-state index contributed by atoms with van der Waals surface area (Å²) >= 11 is 5.04. The molecule has 148 valence electrons. The van der Waals surface area contributed by atoms with Crippen molar-refractivity contribution in [3.8, 4) is 0 Å². The van der Waals surface area contributed by atoms with Crippen molar-refractivity contribution in [2.45, 2.75) is 30.8 Å². The smallest absolute Gasteiger partial charge is 0.240 e. The maximum Gasteiger partial charge on any atom is 0.240 e. The Kier molecular flexibility index (Phi) is 7.10.